The molecular formula is C19H18. The Balaban J connectivity index is 2.11. The highest BCUT2D eigenvalue weighted by Crippen LogP contribution is 2.28. The van der Waals surface area contributed by atoms with Crippen LogP contribution in [-0.2, 0) is 0 Å². The maximum atomic E-state index is 5.74. The van der Waals surface area contributed by atoms with Gasteiger partial charge in [-0.05, 0) is 42.0 Å². The fourth-order valence-electron chi connectivity index (χ4n) is 2.94. The van der Waals surface area contributed by atoms with Gasteiger partial charge in [-0.15, -0.1) is 6.42 Å². The molecule has 0 bridgehead atoms. The molecule has 1 aliphatic carbocycles. The summed E-state index contributed by atoms with van der Waals surface area (Å²) < 4.78 is 0. The highest BCUT2D eigenvalue weighted by Gasteiger charge is 2.08. The lowest BCUT2D eigenvalue weighted by molar-refractivity contribution is 0.602. The Morgan fingerprint density at radius 3 is 2.53 bits per heavy atom. The minimum Gasteiger partial charge on any atom is -0.115 e. The zero-order chi connectivity index (χ0) is 13.1. The lowest BCUT2D eigenvalue weighted by atomic mass is 9.91. The molecule has 0 amide bonds. The second-order valence-electron chi connectivity index (χ2n) is 5.26. The molecule has 0 aliphatic heterocycles. The molecule has 94 valence electrons. The van der Waals surface area contributed by atoms with Crippen molar-refractivity contribution in [1.82, 2.24) is 0 Å². The van der Waals surface area contributed by atoms with Gasteiger partial charge < -0.3 is 0 Å². The molecule has 19 heavy (non-hydrogen) atoms. The van der Waals surface area contributed by atoms with Crippen molar-refractivity contribution in [3.63, 3.8) is 0 Å². The van der Waals surface area contributed by atoms with Crippen molar-refractivity contribution in [2.24, 2.45) is 0 Å². The van der Waals surface area contributed by atoms with Crippen molar-refractivity contribution in [3.8, 4) is 12.3 Å². The van der Waals surface area contributed by atoms with E-state index in [-0.39, 0.29) is 0 Å². The third-order valence-electron chi connectivity index (χ3n) is 3.96. The average Bonchev–Trinajstić information content (AvgIpc) is 2.48. The smallest absolute Gasteiger partial charge is 0.0393 e. The lowest BCUT2D eigenvalue weighted by Crippen LogP contribution is -1.94. The van der Waals surface area contributed by atoms with Gasteiger partial charge in [0.15, 0.2) is 0 Å². The normalized spacial score (nSPS) is 15.2. The van der Waals surface area contributed by atoms with Crippen LogP contribution in [0.1, 0.15) is 43.2 Å². The third-order valence-corrected chi connectivity index (χ3v) is 3.96. The zero-order valence-electron chi connectivity index (χ0n) is 11.2. The van der Waals surface area contributed by atoms with Crippen molar-refractivity contribution >= 4 is 16.8 Å². The monoisotopic (exact) mass is 246 g/mol. The molecule has 1 saturated carbocycles. The summed E-state index contributed by atoms with van der Waals surface area (Å²) in [5.41, 5.74) is 3.80. The Hall–Kier alpha value is -2.00. The molecule has 0 heterocycles. The van der Waals surface area contributed by atoms with Gasteiger partial charge >= 0.3 is 0 Å². The van der Waals surface area contributed by atoms with E-state index in [4.69, 9.17) is 6.42 Å². The number of fused-ring (bicyclic) bond motifs is 1. The van der Waals surface area contributed by atoms with Crippen molar-refractivity contribution in [1.29, 1.82) is 0 Å². The van der Waals surface area contributed by atoms with Crippen molar-refractivity contribution < 1.29 is 0 Å². The van der Waals surface area contributed by atoms with Crippen LogP contribution in [0.15, 0.2) is 42.0 Å². The maximum Gasteiger partial charge on any atom is 0.0393 e. The molecule has 1 fully saturated rings. The Morgan fingerprint density at radius 1 is 0.947 bits per heavy atom. The van der Waals surface area contributed by atoms with Crippen molar-refractivity contribution in [2.75, 3.05) is 0 Å². The Kier molecular flexibility index (Phi) is 3.38. The maximum absolute atomic E-state index is 5.74. The summed E-state index contributed by atoms with van der Waals surface area (Å²) >= 11 is 0. The van der Waals surface area contributed by atoms with Gasteiger partial charge in [0.05, 0.1) is 0 Å². The average molecular weight is 246 g/mol. The molecule has 0 heteroatoms. The van der Waals surface area contributed by atoms with Crippen LogP contribution in [0.25, 0.3) is 16.8 Å². The molecule has 0 atom stereocenters. The molecule has 3 rings (SSSR count). The zero-order valence-corrected chi connectivity index (χ0v) is 11.2. The fourth-order valence-corrected chi connectivity index (χ4v) is 2.94. The highest BCUT2D eigenvalue weighted by atomic mass is 14.1. The first-order valence-corrected chi connectivity index (χ1v) is 7.06. The second-order valence-corrected chi connectivity index (χ2v) is 5.26. The predicted molar refractivity (Wildman–Crippen MR) is 82.9 cm³/mol. The van der Waals surface area contributed by atoms with E-state index >= 15 is 0 Å². The van der Waals surface area contributed by atoms with Crippen LogP contribution in [0.2, 0.25) is 0 Å². The fraction of sp³-hybridized carbons (Fsp3) is 0.263. The quantitative estimate of drug-likeness (QED) is 0.609. The van der Waals surface area contributed by atoms with Crippen LogP contribution in [-0.4, -0.2) is 0 Å². The van der Waals surface area contributed by atoms with E-state index in [1.54, 1.807) is 5.57 Å². The molecule has 1 aliphatic rings. The first kappa shape index (κ1) is 12.1. The summed E-state index contributed by atoms with van der Waals surface area (Å²) in [5.74, 6) is 2.88. The molecular weight excluding hydrogens is 228 g/mol. The Morgan fingerprint density at radius 2 is 1.74 bits per heavy atom. The summed E-state index contributed by atoms with van der Waals surface area (Å²) in [4.78, 5) is 0. The number of allylic oxidation sites excluding steroid dienone is 1. The molecule has 0 spiro atoms. The molecule has 0 saturated heterocycles. The van der Waals surface area contributed by atoms with Crippen molar-refractivity contribution in [3.05, 3.63) is 53.1 Å². The van der Waals surface area contributed by atoms with E-state index in [1.165, 1.54) is 48.4 Å². The van der Waals surface area contributed by atoms with Crippen LogP contribution < -0.4 is 0 Å². The van der Waals surface area contributed by atoms with Gasteiger partial charge in [0.1, 0.15) is 0 Å². The third kappa shape index (κ3) is 2.42. The first-order chi connectivity index (χ1) is 9.38. The number of hydrogen-bond donors (Lipinski definition) is 0. The van der Waals surface area contributed by atoms with E-state index in [2.05, 4.69) is 48.4 Å². The molecule has 2 aromatic rings. The van der Waals surface area contributed by atoms with Crippen LogP contribution >= 0.6 is 0 Å². The first-order valence-electron chi connectivity index (χ1n) is 7.06. The standard InChI is InChI=1S/C19H18/c1-2-18-17(14-15-8-4-3-5-9-15)13-12-16-10-6-7-11-19(16)18/h1,6-7,10-14H,3-5,8-9H2. The minimum absolute atomic E-state index is 1.04. The minimum atomic E-state index is 1.04. The molecule has 0 unspecified atom stereocenters. The molecule has 0 nitrogen and oxygen atoms in total. The van der Waals surface area contributed by atoms with Crippen LogP contribution in [0.4, 0.5) is 0 Å². The summed E-state index contributed by atoms with van der Waals surface area (Å²) in [5, 5.41) is 2.41. The second kappa shape index (κ2) is 5.33. The van der Waals surface area contributed by atoms with E-state index < -0.39 is 0 Å². The number of benzene rings is 2. The van der Waals surface area contributed by atoms with Gasteiger partial charge in [-0.25, -0.2) is 0 Å². The topological polar surface area (TPSA) is 0 Å². The summed E-state index contributed by atoms with van der Waals surface area (Å²) in [7, 11) is 0. The summed E-state index contributed by atoms with van der Waals surface area (Å²) in [6.45, 7) is 0. The Bertz CT molecular complexity index is 660. The molecule has 0 aromatic heterocycles. The van der Waals surface area contributed by atoms with E-state index in [9.17, 15) is 0 Å². The summed E-state index contributed by atoms with van der Waals surface area (Å²) in [6, 6.07) is 12.7. The largest absolute Gasteiger partial charge is 0.115 e. The predicted octanol–water partition coefficient (Wildman–Crippen LogP) is 5.17. The molecule has 2 aromatic carbocycles. The molecule has 0 radical (unpaired) electrons. The van der Waals surface area contributed by atoms with Crippen LogP contribution in [0.3, 0.4) is 0 Å². The van der Waals surface area contributed by atoms with Gasteiger partial charge in [0.25, 0.3) is 0 Å². The van der Waals surface area contributed by atoms with Crippen molar-refractivity contribution in [2.45, 2.75) is 32.1 Å². The van der Waals surface area contributed by atoms with E-state index in [1.807, 2.05) is 0 Å². The number of hydrogen-bond acceptors (Lipinski definition) is 0. The van der Waals surface area contributed by atoms with Crippen LogP contribution in [0.5, 0.6) is 0 Å². The van der Waals surface area contributed by atoms with Gasteiger partial charge in [-0.2, -0.15) is 0 Å². The van der Waals surface area contributed by atoms with Gasteiger partial charge in [-0.1, -0.05) is 60.4 Å². The number of terminal acetylenes is 1. The van der Waals surface area contributed by atoms with E-state index in [0.29, 0.717) is 0 Å². The number of rotatable bonds is 1. The molecule has 0 N–H and O–H groups in total. The SMILES string of the molecule is C#Cc1c(C=C2CCCCC2)ccc2ccccc12. The van der Waals surface area contributed by atoms with Crippen LogP contribution in [0, 0.1) is 12.3 Å². The van der Waals surface area contributed by atoms with Gasteiger partial charge in [0.2, 0.25) is 0 Å². The van der Waals surface area contributed by atoms with Gasteiger partial charge in [-0.3, -0.25) is 0 Å². The van der Waals surface area contributed by atoms with E-state index in [0.717, 1.165) is 5.56 Å². The highest BCUT2D eigenvalue weighted by molar-refractivity contribution is 5.91. The lowest BCUT2D eigenvalue weighted by Gasteiger charge is -2.14. The van der Waals surface area contributed by atoms with Gasteiger partial charge in [0, 0.05) is 5.56 Å². The summed E-state index contributed by atoms with van der Waals surface area (Å²) in [6.07, 6.45) is 14.5. The Labute approximate surface area is 115 Å².